The fourth-order valence-corrected chi connectivity index (χ4v) is 4.10. The van der Waals surface area contributed by atoms with E-state index in [0.29, 0.717) is 20.3 Å². The van der Waals surface area contributed by atoms with Crippen LogP contribution in [0.25, 0.3) is 10.1 Å². The summed E-state index contributed by atoms with van der Waals surface area (Å²) in [6, 6.07) is 5.45. The van der Waals surface area contributed by atoms with Gasteiger partial charge in [0.25, 0.3) is 5.91 Å². The largest absolute Gasteiger partial charge is 0.283 e. The van der Waals surface area contributed by atoms with Crippen molar-refractivity contribution < 1.29 is 4.79 Å². The van der Waals surface area contributed by atoms with Gasteiger partial charge in [-0.3, -0.25) is 9.48 Å². The van der Waals surface area contributed by atoms with E-state index >= 15 is 0 Å². The quantitative estimate of drug-likeness (QED) is 0.535. The number of halogens is 2. The minimum Gasteiger partial charge on any atom is -0.272 e. The zero-order chi connectivity index (χ0) is 17.3. The van der Waals surface area contributed by atoms with Crippen LogP contribution in [0.1, 0.15) is 27.9 Å². The molecule has 24 heavy (non-hydrogen) atoms. The van der Waals surface area contributed by atoms with Gasteiger partial charge in [-0.05, 0) is 26.0 Å². The maximum Gasteiger partial charge on any atom is 0.283 e. The molecule has 0 atom stereocenters. The lowest BCUT2D eigenvalue weighted by Gasteiger charge is -1.97. The van der Waals surface area contributed by atoms with E-state index in [1.165, 1.54) is 11.3 Å². The maximum absolute atomic E-state index is 12.3. The van der Waals surface area contributed by atoms with E-state index in [0.717, 1.165) is 22.5 Å². The lowest BCUT2D eigenvalue weighted by molar-refractivity contribution is 0.0959. The van der Waals surface area contributed by atoms with E-state index in [9.17, 15) is 4.79 Å². The van der Waals surface area contributed by atoms with Crippen LogP contribution >= 0.6 is 34.5 Å². The van der Waals surface area contributed by atoms with Gasteiger partial charge in [0.05, 0.1) is 22.0 Å². The third-order valence-corrected chi connectivity index (χ3v) is 5.45. The second kappa shape index (κ2) is 6.93. The predicted octanol–water partition coefficient (Wildman–Crippen LogP) is 4.50. The number of fused-ring (bicyclic) bond motifs is 1. The summed E-state index contributed by atoms with van der Waals surface area (Å²) < 4.78 is 2.67. The third-order valence-electron chi connectivity index (χ3n) is 3.49. The Bertz CT molecular complexity index is 945. The average molecular weight is 381 g/mol. The molecule has 5 nitrogen and oxygen atoms in total. The molecule has 0 saturated carbocycles. The first kappa shape index (κ1) is 17.0. The average Bonchev–Trinajstić information content (AvgIpc) is 3.09. The van der Waals surface area contributed by atoms with Gasteiger partial charge in [0.1, 0.15) is 4.88 Å². The number of nitrogens with zero attached hydrogens (tertiary/aromatic N) is 3. The Hall–Kier alpha value is -1.89. The number of hydrogen-bond donors (Lipinski definition) is 1. The van der Waals surface area contributed by atoms with Gasteiger partial charge in [-0.2, -0.15) is 10.2 Å². The molecule has 0 bridgehead atoms. The van der Waals surface area contributed by atoms with Crippen molar-refractivity contribution in [1.82, 2.24) is 15.2 Å². The highest BCUT2D eigenvalue weighted by Gasteiger charge is 2.18. The molecule has 0 unspecified atom stereocenters. The summed E-state index contributed by atoms with van der Waals surface area (Å²) in [4.78, 5) is 12.7. The molecule has 0 saturated heterocycles. The molecular formula is C16H14Cl2N4OS. The van der Waals surface area contributed by atoms with Crippen molar-refractivity contribution in [1.29, 1.82) is 0 Å². The number of benzene rings is 1. The highest BCUT2D eigenvalue weighted by molar-refractivity contribution is 7.21. The second-order valence-electron chi connectivity index (χ2n) is 5.08. The van der Waals surface area contributed by atoms with Crippen molar-refractivity contribution in [2.45, 2.75) is 20.4 Å². The summed E-state index contributed by atoms with van der Waals surface area (Å²) in [5, 5.41) is 9.89. The van der Waals surface area contributed by atoms with Crippen molar-refractivity contribution in [3.8, 4) is 0 Å². The number of hydrogen-bond acceptors (Lipinski definition) is 4. The lowest BCUT2D eigenvalue weighted by Crippen LogP contribution is -2.16. The summed E-state index contributed by atoms with van der Waals surface area (Å²) in [7, 11) is 0. The lowest BCUT2D eigenvalue weighted by atomic mass is 10.2. The van der Waals surface area contributed by atoms with Gasteiger partial charge in [-0.1, -0.05) is 29.3 Å². The maximum atomic E-state index is 12.3. The van der Waals surface area contributed by atoms with Crippen LogP contribution < -0.4 is 5.43 Å². The van der Waals surface area contributed by atoms with E-state index in [1.54, 1.807) is 12.3 Å². The molecular weight excluding hydrogens is 367 g/mol. The minimum absolute atomic E-state index is 0.350. The van der Waals surface area contributed by atoms with Crippen molar-refractivity contribution in [2.75, 3.05) is 0 Å². The number of aromatic nitrogens is 2. The number of nitrogens with one attached hydrogen (secondary N) is 1. The zero-order valence-electron chi connectivity index (χ0n) is 13.0. The van der Waals surface area contributed by atoms with Crippen LogP contribution in [0.4, 0.5) is 0 Å². The Morgan fingerprint density at radius 1 is 1.46 bits per heavy atom. The SMILES string of the molecule is CCn1cc(/C=N/NC(=O)c2sc3cccc(Cl)c3c2Cl)c(C)n1. The molecule has 2 heterocycles. The van der Waals surface area contributed by atoms with Crippen LogP contribution in [0.15, 0.2) is 29.5 Å². The summed E-state index contributed by atoms with van der Waals surface area (Å²) in [6.45, 7) is 4.67. The monoisotopic (exact) mass is 380 g/mol. The normalized spacial score (nSPS) is 11.5. The van der Waals surface area contributed by atoms with E-state index in [2.05, 4.69) is 15.6 Å². The number of carbonyl (C=O) groups is 1. The van der Waals surface area contributed by atoms with E-state index < -0.39 is 0 Å². The fraction of sp³-hybridized carbons (Fsp3) is 0.188. The fourth-order valence-electron chi connectivity index (χ4n) is 2.25. The summed E-state index contributed by atoms with van der Waals surface area (Å²) in [6.07, 6.45) is 3.44. The molecule has 0 spiro atoms. The van der Waals surface area contributed by atoms with Crippen LogP contribution in [0.2, 0.25) is 10.0 Å². The molecule has 3 aromatic rings. The van der Waals surface area contributed by atoms with Gasteiger partial charge in [0.15, 0.2) is 0 Å². The third kappa shape index (κ3) is 3.17. The van der Waals surface area contributed by atoms with E-state index in [1.807, 2.05) is 36.9 Å². The number of amides is 1. The Kier molecular flexibility index (Phi) is 4.89. The van der Waals surface area contributed by atoms with Crippen molar-refractivity contribution in [3.63, 3.8) is 0 Å². The molecule has 0 aliphatic carbocycles. The summed E-state index contributed by atoms with van der Waals surface area (Å²) in [5.41, 5.74) is 4.20. The molecule has 124 valence electrons. The number of aryl methyl sites for hydroxylation is 2. The molecule has 8 heteroatoms. The van der Waals surface area contributed by atoms with Gasteiger partial charge in [0, 0.05) is 28.4 Å². The van der Waals surface area contributed by atoms with Gasteiger partial charge in [-0.15, -0.1) is 11.3 Å². The molecule has 0 fully saturated rings. The molecule has 2 aromatic heterocycles. The molecule has 1 aromatic carbocycles. The predicted molar refractivity (Wildman–Crippen MR) is 99.5 cm³/mol. The molecule has 0 radical (unpaired) electrons. The van der Waals surface area contributed by atoms with E-state index in [4.69, 9.17) is 23.2 Å². The molecule has 0 aliphatic heterocycles. The standard InChI is InChI=1S/C16H14Cl2N4OS/c1-3-22-8-10(9(2)21-22)7-19-20-16(23)15-14(18)13-11(17)5-4-6-12(13)24-15/h4-8H,3H2,1-2H3,(H,20,23)/b19-7+. The van der Waals surface area contributed by atoms with E-state index in [-0.39, 0.29) is 5.91 Å². The Balaban J connectivity index is 1.80. The van der Waals surface area contributed by atoms with Crippen LogP contribution in [-0.2, 0) is 6.54 Å². The highest BCUT2D eigenvalue weighted by atomic mass is 35.5. The Morgan fingerprint density at radius 2 is 2.25 bits per heavy atom. The second-order valence-corrected chi connectivity index (χ2v) is 6.92. The number of rotatable bonds is 4. The van der Waals surface area contributed by atoms with Crippen molar-refractivity contribution >= 4 is 56.7 Å². The van der Waals surface area contributed by atoms with Crippen molar-refractivity contribution in [3.05, 3.63) is 50.6 Å². The van der Waals surface area contributed by atoms with Crippen LogP contribution in [0.3, 0.4) is 0 Å². The first-order valence-corrected chi connectivity index (χ1v) is 8.82. The van der Waals surface area contributed by atoms with Crippen LogP contribution in [0, 0.1) is 6.92 Å². The van der Waals surface area contributed by atoms with Crippen molar-refractivity contribution in [2.24, 2.45) is 5.10 Å². The minimum atomic E-state index is -0.367. The molecule has 0 aliphatic rings. The van der Waals surface area contributed by atoms with Crippen LogP contribution in [0.5, 0.6) is 0 Å². The van der Waals surface area contributed by atoms with Gasteiger partial charge in [0.2, 0.25) is 0 Å². The smallest absolute Gasteiger partial charge is 0.272 e. The van der Waals surface area contributed by atoms with Crippen LogP contribution in [-0.4, -0.2) is 21.9 Å². The first-order valence-electron chi connectivity index (χ1n) is 7.25. The van der Waals surface area contributed by atoms with Gasteiger partial charge < -0.3 is 0 Å². The first-order chi connectivity index (χ1) is 11.5. The molecule has 3 rings (SSSR count). The zero-order valence-corrected chi connectivity index (χ0v) is 15.3. The summed E-state index contributed by atoms with van der Waals surface area (Å²) in [5.74, 6) is -0.367. The highest BCUT2D eigenvalue weighted by Crippen LogP contribution is 2.39. The number of thiophene rings is 1. The van der Waals surface area contributed by atoms with Gasteiger partial charge >= 0.3 is 0 Å². The topological polar surface area (TPSA) is 59.3 Å². The summed E-state index contributed by atoms with van der Waals surface area (Å²) >= 11 is 13.7. The Morgan fingerprint density at radius 3 is 2.92 bits per heavy atom. The Labute approximate surface area is 152 Å². The molecule has 1 N–H and O–H groups in total. The van der Waals surface area contributed by atoms with Gasteiger partial charge in [-0.25, -0.2) is 5.43 Å². The number of hydrazone groups is 1. The number of carbonyl (C=O) groups excluding carboxylic acids is 1. The molecule has 1 amide bonds.